The van der Waals surface area contributed by atoms with Crippen LogP contribution in [0.3, 0.4) is 0 Å². The normalized spacial score (nSPS) is 22.3. The zero-order chi connectivity index (χ0) is 31.8. The summed E-state index contributed by atoms with van der Waals surface area (Å²) in [6.45, 7) is 5.19. The molecule has 3 N–H and O–H groups in total. The number of benzene rings is 3. The fourth-order valence-electron chi connectivity index (χ4n) is 7.32. The standard InChI is InChI=1S/C37H43ClN2O5/c1-26-33(35(41)42)34(29-16-11-17-30(38)24-29)37(36(43)44,32(39-26)25-45-23-22-40-20-9-4-10-21-40)19-18-31(27-12-5-2-6-13-27)28-14-7-3-8-15-28/h2-3,5-8,11-17,24,31-32,34,39H,4,9-10,18-23,25H2,1H3,(H,41,42)(H,43,44). The number of piperidine rings is 1. The van der Waals surface area contributed by atoms with Gasteiger partial charge in [-0.1, -0.05) is 90.8 Å². The molecule has 2 heterocycles. The summed E-state index contributed by atoms with van der Waals surface area (Å²) >= 11 is 6.44. The number of carboxylic acids is 2. The van der Waals surface area contributed by atoms with Crippen molar-refractivity contribution in [2.24, 2.45) is 5.41 Å². The van der Waals surface area contributed by atoms with Crippen molar-refractivity contribution >= 4 is 23.5 Å². The Hall–Kier alpha value is -3.65. The minimum atomic E-state index is -1.55. The lowest BCUT2D eigenvalue weighted by atomic mass is 9.59. The van der Waals surface area contributed by atoms with Gasteiger partial charge in [-0.25, -0.2) is 4.79 Å². The largest absolute Gasteiger partial charge is 0.481 e. The molecule has 5 rings (SSSR count). The molecule has 0 spiro atoms. The smallest absolute Gasteiger partial charge is 0.333 e. The topological polar surface area (TPSA) is 99.1 Å². The SMILES string of the molecule is CC1=C(C(=O)O)C(c2cccc(Cl)c2)C(CCC(c2ccccc2)c2ccccc2)(C(=O)O)C(COCCN2CCCCC2)N1. The number of carbonyl (C=O) groups is 2. The molecule has 238 valence electrons. The van der Waals surface area contributed by atoms with Crippen LogP contribution in [0.25, 0.3) is 0 Å². The Morgan fingerprint density at radius 1 is 0.956 bits per heavy atom. The van der Waals surface area contributed by atoms with Gasteiger partial charge in [-0.15, -0.1) is 0 Å². The van der Waals surface area contributed by atoms with Gasteiger partial charge in [0.05, 0.1) is 24.8 Å². The number of allylic oxidation sites excluding steroid dienone is 1. The Kier molecular flexibility index (Phi) is 11.0. The number of hydrogen-bond acceptors (Lipinski definition) is 5. The number of nitrogens with zero attached hydrogens (tertiary/aromatic N) is 1. The van der Waals surface area contributed by atoms with E-state index in [9.17, 15) is 19.8 Å². The van der Waals surface area contributed by atoms with Crippen molar-refractivity contribution < 1.29 is 24.5 Å². The first-order chi connectivity index (χ1) is 21.8. The molecule has 8 heteroatoms. The number of rotatable bonds is 13. The van der Waals surface area contributed by atoms with Crippen molar-refractivity contribution in [3.63, 3.8) is 0 Å². The Morgan fingerprint density at radius 2 is 1.60 bits per heavy atom. The van der Waals surface area contributed by atoms with Gasteiger partial charge in [0.2, 0.25) is 0 Å². The number of halogens is 1. The molecule has 3 aromatic carbocycles. The van der Waals surface area contributed by atoms with Crippen LogP contribution in [0.1, 0.15) is 67.6 Å². The van der Waals surface area contributed by atoms with Crippen LogP contribution in [-0.4, -0.2) is 65.9 Å². The van der Waals surface area contributed by atoms with E-state index in [1.54, 1.807) is 31.2 Å². The molecule has 0 bridgehead atoms. The third kappa shape index (κ3) is 7.43. The van der Waals surface area contributed by atoms with Gasteiger partial charge in [0, 0.05) is 29.1 Å². The van der Waals surface area contributed by atoms with Gasteiger partial charge in [0.1, 0.15) is 5.41 Å². The van der Waals surface area contributed by atoms with Crippen LogP contribution in [0.15, 0.2) is 96.2 Å². The number of ether oxygens (including phenoxy) is 1. The highest BCUT2D eigenvalue weighted by Crippen LogP contribution is 2.52. The lowest BCUT2D eigenvalue weighted by Gasteiger charge is -2.48. The zero-order valence-corrected chi connectivity index (χ0v) is 26.6. The van der Waals surface area contributed by atoms with E-state index >= 15 is 0 Å². The predicted octanol–water partition coefficient (Wildman–Crippen LogP) is 6.94. The Morgan fingerprint density at radius 3 is 2.18 bits per heavy atom. The average Bonchev–Trinajstić information content (AvgIpc) is 3.05. The summed E-state index contributed by atoms with van der Waals surface area (Å²) in [5.41, 5.74) is 1.65. The van der Waals surface area contributed by atoms with E-state index in [-0.39, 0.29) is 24.5 Å². The summed E-state index contributed by atoms with van der Waals surface area (Å²) in [7, 11) is 0. The van der Waals surface area contributed by atoms with Gasteiger partial charge in [0.15, 0.2) is 0 Å². The van der Waals surface area contributed by atoms with Gasteiger partial charge in [-0.3, -0.25) is 4.79 Å². The molecule has 7 nitrogen and oxygen atoms in total. The number of hydrogen-bond donors (Lipinski definition) is 3. The van der Waals surface area contributed by atoms with E-state index in [0.717, 1.165) is 30.8 Å². The second-order valence-electron chi connectivity index (χ2n) is 12.3. The van der Waals surface area contributed by atoms with Crippen LogP contribution in [0.2, 0.25) is 5.02 Å². The van der Waals surface area contributed by atoms with Crippen molar-refractivity contribution in [2.75, 3.05) is 32.8 Å². The summed E-state index contributed by atoms with van der Waals surface area (Å²) in [4.78, 5) is 29.1. The zero-order valence-electron chi connectivity index (χ0n) is 25.8. The highest BCUT2D eigenvalue weighted by atomic mass is 35.5. The maximum atomic E-state index is 13.8. The molecular weight excluding hydrogens is 588 g/mol. The first-order valence-corrected chi connectivity index (χ1v) is 16.3. The van der Waals surface area contributed by atoms with Crippen LogP contribution in [0.5, 0.6) is 0 Å². The van der Waals surface area contributed by atoms with Crippen LogP contribution >= 0.6 is 11.6 Å². The lowest BCUT2D eigenvalue weighted by molar-refractivity contribution is -0.155. The van der Waals surface area contributed by atoms with Gasteiger partial charge < -0.3 is 25.2 Å². The molecule has 3 atom stereocenters. The Labute approximate surface area is 270 Å². The van der Waals surface area contributed by atoms with Crippen molar-refractivity contribution in [1.82, 2.24) is 10.2 Å². The van der Waals surface area contributed by atoms with E-state index in [1.807, 2.05) is 36.4 Å². The molecule has 0 saturated carbocycles. The average molecular weight is 631 g/mol. The molecular formula is C37H43ClN2O5. The third-order valence-corrected chi connectivity index (χ3v) is 9.80. The highest BCUT2D eigenvalue weighted by molar-refractivity contribution is 6.30. The third-order valence-electron chi connectivity index (χ3n) is 9.57. The first-order valence-electron chi connectivity index (χ1n) is 15.9. The highest BCUT2D eigenvalue weighted by Gasteiger charge is 2.57. The number of nitrogens with one attached hydrogen (secondary N) is 1. The molecule has 2 aliphatic heterocycles. The fourth-order valence-corrected chi connectivity index (χ4v) is 7.52. The molecule has 2 aliphatic rings. The lowest BCUT2D eigenvalue weighted by Crippen LogP contribution is -2.59. The van der Waals surface area contributed by atoms with E-state index in [2.05, 4.69) is 34.5 Å². The summed E-state index contributed by atoms with van der Waals surface area (Å²) in [5.74, 6) is -3.27. The summed E-state index contributed by atoms with van der Waals surface area (Å²) in [6.07, 6.45) is 4.29. The van der Waals surface area contributed by atoms with Crippen LogP contribution in [-0.2, 0) is 14.3 Å². The van der Waals surface area contributed by atoms with Crippen LogP contribution in [0.4, 0.5) is 0 Å². The maximum Gasteiger partial charge on any atom is 0.333 e. The summed E-state index contributed by atoms with van der Waals surface area (Å²) in [6, 6.07) is 26.4. The number of carboxylic acid groups (broad SMARTS) is 2. The molecule has 0 amide bonds. The summed E-state index contributed by atoms with van der Waals surface area (Å²) < 4.78 is 6.25. The minimum Gasteiger partial charge on any atom is -0.481 e. The molecule has 3 unspecified atom stereocenters. The predicted molar refractivity (Wildman–Crippen MR) is 177 cm³/mol. The molecule has 3 aromatic rings. The Balaban J connectivity index is 1.55. The van der Waals surface area contributed by atoms with Gasteiger partial charge in [0.25, 0.3) is 0 Å². The van der Waals surface area contributed by atoms with Crippen molar-refractivity contribution in [3.05, 3.63) is 118 Å². The minimum absolute atomic E-state index is 0.0419. The van der Waals surface area contributed by atoms with E-state index in [0.29, 0.717) is 29.3 Å². The van der Waals surface area contributed by atoms with E-state index in [1.165, 1.54) is 19.3 Å². The van der Waals surface area contributed by atoms with Crippen molar-refractivity contribution in [1.29, 1.82) is 0 Å². The van der Waals surface area contributed by atoms with E-state index in [4.69, 9.17) is 16.3 Å². The fraction of sp³-hybridized carbons (Fsp3) is 0.405. The molecule has 0 radical (unpaired) electrons. The molecule has 0 aliphatic carbocycles. The van der Waals surface area contributed by atoms with Gasteiger partial charge in [-0.2, -0.15) is 0 Å². The first kappa shape index (κ1) is 32.7. The molecule has 1 fully saturated rings. The second kappa shape index (κ2) is 15.1. The molecule has 1 saturated heterocycles. The second-order valence-corrected chi connectivity index (χ2v) is 12.7. The monoisotopic (exact) mass is 630 g/mol. The van der Waals surface area contributed by atoms with Crippen LogP contribution in [0, 0.1) is 5.41 Å². The van der Waals surface area contributed by atoms with Crippen LogP contribution < -0.4 is 5.32 Å². The van der Waals surface area contributed by atoms with Gasteiger partial charge in [-0.05, 0) is 74.5 Å². The maximum absolute atomic E-state index is 13.8. The van der Waals surface area contributed by atoms with Gasteiger partial charge >= 0.3 is 11.9 Å². The Bertz CT molecular complexity index is 1430. The summed E-state index contributed by atoms with van der Waals surface area (Å²) in [5, 5.41) is 25.6. The van der Waals surface area contributed by atoms with E-state index < -0.39 is 29.3 Å². The number of aliphatic carboxylic acids is 2. The molecule has 0 aromatic heterocycles. The van der Waals surface area contributed by atoms with Crippen molar-refractivity contribution in [3.8, 4) is 0 Å². The molecule has 45 heavy (non-hydrogen) atoms. The quantitative estimate of drug-likeness (QED) is 0.176. The van der Waals surface area contributed by atoms with Crippen molar-refractivity contribution in [2.45, 2.75) is 56.9 Å². The number of likely N-dealkylation sites (tertiary alicyclic amines) is 1.